The number of benzene rings is 2. The molecule has 0 atom stereocenters. The Morgan fingerprint density at radius 1 is 1.16 bits per heavy atom. The molecule has 0 unspecified atom stereocenters. The Morgan fingerprint density at radius 2 is 1.90 bits per heavy atom. The van der Waals surface area contributed by atoms with Gasteiger partial charge in [-0.05, 0) is 86.8 Å². The molecule has 0 spiro atoms. The van der Waals surface area contributed by atoms with E-state index in [1.54, 1.807) is 0 Å². The van der Waals surface area contributed by atoms with Crippen LogP contribution < -0.4 is 15.6 Å². The number of pyridine rings is 1. The number of thiocarbonyl (C=S) groups is 1. The average molecular weight is 436 g/mol. The van der Waals surface area contributed by atoms with Gasteiger partial charge in [0.05, 0.1) is 13.2 Å². The van der Waals surface area contributed by atoms with Crippen LogP contribution in [0.5, 0.6) is 5.75 Å². The quantitative estimate of drug-likeness (QED) is 0.509. The van der Waals surface area contributed by atoms with Crippen molar-refractivity contribution in [3.8, 4) is 5.75 Å². The molecule has 0 radical (unpaired) electrons. The minimum Gasteiger partial charge on any atom is -0.494 e. The molecule has 0 aliphatic heterocycles. The first-order chi connectivity index (χ1) is 15.0. The van der Waals surface area contributed by atoms with Gasteiger partial charge in [-0.25, -0.2) is 0 Å². The largest absolute Gasteiger partial charge is 0.494 e. The first kappa shape index (κ1) is 21.4. The number of hydrogen-bond donors (Lipinski definition) is 2. The molecule has 5 nitrogen and oxygen atoms in total. The van der Waals surface area contributed by atoms with E-state index in [2.05, 4.69) is 28.2 Å². The van der Waals surface area contributed by atoms with E-state index in [1.165, 1.54) is 18.4 Å². The second-order valence-electron chi connectivity index (χ2n) is 8.17. The summed E-state index contributed by atoms with van der Waals surface area (Å²) in [5.41, 5.74) is 3.64. The number of nitrogens with zero attached hydrogens (tertiary/aromatic N) is 1. The van der Waals surface area contributed by atoms with E-state index in [4.69, 9.17) is 17.0 Å². The number of nitrogens with one attached hydrogen (secondary N) is 2. The van der Waals surface area contributed by atoms with Gasteiger partial charge in [-0.2, -0.15) is 0 Å². The zero-order valence-electron chi connectivity index (χ0n) is 18.1. The third kappa shape index (κ3) is 5.07. The Morgan fingerprint density at radius 3 is 2.61 bits per heavy atom. The Bertz CT molecular complexity index is 1120. The SMILES string of the molecule is CCOc1ccc(NC(=S)N(Cc2cc3cc(C)ccc3[nH]c2=O)C2CCCC2)cc1. The van der Waals surface area contributed by atoms with E-state index >= 15 is 0 Å². The Labute approximate surface area is 188 Å². The van der Waals surface area contributed by atoms with Crippen molar-refractivity contribution < 1.29 is 4.74 Å². The summed E-state index contributed by atoms with van der Waals surface area (Å²) in [5.74, 6) is 0.838. The fourth-order valence-corrected chi connectivity index (χ4v) is 4.58. The molecule has 1 aliphatic rings. The Hall–Kier alpha value is -2.86. The summed E-state index contributed by atoms with van der Waals surface area (Å²) in [5, 5.41) is 5.06. The van der Waals surface area contributed by atoms with Crippen LogP contribution in [0.4, 0.5) is 5.69 Å². The van der Waals surface area contributed by atoms with E-state index < -0.39 is 0 Å². The van der Waals surface area contributed by atoms with Crippen LogP contribution in [0.1, 0.15) is 43.7 Å². The van der Waals surface area contributed by atoms with Gasteiger partial charge >= 0.3 is 0 Å². The maximum absolute atomic E-state index is 12.8. The number of aryl methyl sites for hydroxylation is 1. The fourth-order valence-electron chi connectivity index (χ4n) is 4.25. The van der Waals surface area contributed by atoms with E-state index in [1.807, 2.05) is 49.4 Å². The van der Waals surface area contributed by atoms with Gasteiger partial charge in [0, 0.05) is 22.8 Å². The normalized spacial score (nSPS) is 14.0. The lowest BCUT2D eigenvalue weighted by Gasteiger charge is -2.31. The molecular weight excluding hydrogens is 406 g/mol. The van der Waals surface area contributed by atoms with Gasteiger partial charge in [-0.1, -0.05) is 24.5 Å². The summed E-state index contributed by atoms with van der Waals surface area (Å²) in [6.45, 7) is 5.16. The van der Waals surface area contributed by atoms with Gasteiger partial charge in [-0.15, -0.1) is 0 Å². The second-order valence-corrected chi connectivity index (χ2v) is 8.55. The standard InChI is InChI=1S/C25H29N3O2S/c1-3-30-22-11-9-20(10-12-22)26-25(31)28(21-6-4-5-7-21)16-19-15-18-14-17(2)8-13-23(18)27-24(19)29/h8-15,21H,3-7,16H2,1-2H3,(H,26,31)(H,27,29). The lowest BCUT2D eigenvalue weighted by Crippen LogP contribution is -2.42. The molecule has 1 heterocycles. The highest BCUT2D eigenvalue weighted by Gasteiger charge is 2.25. The number of aromatic nitrogens is 1. The van der Waals surface area contributed by atoms with Crippen molar-refractivity contribution in [1.82, 2.24) is 9.88 Å². The maximum Gasteiger partial charge on any atom is 0.253 e. The van der Waals surface area contributed by atoms with Crippen molar-refractivity contribution in [3.63, 3.8) is 0 Å². The van der Waals surface area contributed by atoms with Gasteiger partial charge in [-0.3, -0.25) is 4.79 Å². The van der Waals surface area contributed by atoms with Crippen LogP contribution in [-0.4, -0.2) is 27.6 Å². The first-order valence-corrected chi connectivity index (χ1v) is 11.4. The summed E-state index contributed by atoms with van der Waals surface area (Å²) in [6.07, 6.45) is 4.57. The number of fused-ring (bicyclic) bond motifs is 1. The monoisotopic (exact) mass is 435 g/mol. The minimum atomic E-state index is -0.0526. The predicted octanol–water partition coefficient (Wildman–Crippen LogP) is 5.38. The fraction of sp³-hybridized carbons (Fsp3) is 0.360. The van der Waals surface area contributed by atoms with Crippen LogP contribution in [0.3, 0.4) is 0 Å². The Kier molecular flexibility index (Phi) is 6.56. The smallest absolute Gasteiger partial charge is 0.253 e. The summed E-state index contributed by atoms with van der Waals surface area (Å²) in [4.78, 5) is 18.0. The first-order valence-electron chi connectivity index (χ1n) is 11.0. The van der Waals surface area contributed by atoms with Gasteiger partial charge in [0.15, 0.2) is 5.11 Å². The van der Waals surface area contributed by atoms with Crippen LogP contribution in [0.2, 0.25) is 0 Å². The van der Waals surface area contributed by atoms with Crippen LogP contribution in [0.25, 0.3) is 10.9 Å². The molecule has 6 heteroatoms. The molecular formula is C25H29N3O2S. The highest BCUT2D eigenvalue weighted by molar-refractivity contribution is 7.80. The molecule has 0 amide bonds. The summed E-state index contributed by atoms with van der Waals surface area (Å²) >= 11 is 5.81. The molecule has 3 aromatic rings. The van der Waals surface area contributed by atoms with Crippen molar-refractivity contribution in [2.75, 3.05) is 11.9 Å². The zero-order chi connectivity index (χ0) is 21.8. The molecule has 4 rings (SSSR count). The molecule has 1 saturated carbocycles. The van der Waals surface area contributed by atoms with E-state index in [0.29, 0.717) is 24.3 Å². The highest BCUT2D eigenvalue weighted by Crippen LogP contribution is 2.26. The minimum absolute atomic E-state index is 0.0526. The molecule has 162 valence electrons. The Balaban J connectivity index is 1.58. The van der Waals surface area contributed by atoms with Crippen molar-refractivity contribution in [3.05, 3.63) is 70.0 Å². The molecule has 2 aromatic carbocycles. The van der Waals surface area contributed by atoms with E-state index in [-0.39, 0.29) is 5.56 Å². The number of ether oxygens (including phenoxy) is 1. The summed E-state index contributed by atoms with van der Waals surface area (Å²) < 4.78 is 5.52. The van der Waals surface area contributed by atoms with Crippen molar-refractivity contribution in [2.24, 2.45) is 0 Å². The highest BCUT2D eigenvalue weighted by atomic mass is 32.1. The summed E-state index contributed by atoms with van der Waals surface area (Å²) in [7, 11) is 0. The number of anilines is 1. The van der Waals surface area contributed by atoms with Crippen molar-refractivity contribution in [2.45, 2.75) is 52.1 Å². The number of aromatic amines is 1. The lowest BCUT2D eigenvalue weighted by molar-refractivity contribution is 0.311. The van der Waals surface area contributed by atoms with Crippen LogP contribution in [0, 0.1) is 6.92 Å². The number of rotatable bonds is 6. The molecule has 1 fully saturated rings. The van der Waals surface area contributed by atoms with Crippen LogP contribution >= 0.6 is 12.2 Å². The maximum atomic E-state index is 12.8. The number of hydrogen-bond acceptors (Lipinski definition) is 3. The molecule has 0 saturated heterocycles. The van der Waals surface area contributed by atoms with Crippen molar-refractivity contribution >= 4 is 33.9 Å². The zero-order valence-corrected chi connectivity index (χ0v) is 18.9. The molecule has 2 N–H and O–H groups in total. The summed E-state index contributed by atoms with van der Waals surface area (Å²) in [6, 6.07) is 16.2. The van der Waals surface area contributed by atoms with Crippen molar-refractivity contribution in [1.29, 1.82) is 0 Å². The third-order valence-electron chi connectivity index (χ3n) is 5.86. The van der Waals surface area contributed by atoms with Crippen LogP contribution in [-0.2, 0) is 6.54 Å². The van der Waals surface area contributed by atoms with E-state index in [0.717, 1.165) is 40.7 Å². The predicted molar refractivity (Wildman–Crippen MR) is 131 cm³/mol. The lowest BCUT2D eigenvalue weighted by atomic mass is 10.1. The van der Waals surface area contributed by atoms with Gasteiger partial charge in [0.1, 0.15) is 5.75 Å². The number of H-pyrrole nitrogens is 1. The van der Waals surface area contributed by atoms with Gasteiger partial charge in [0.25, 0.3) is 5.56 Å². The van der Waals surface area contributed by atoms with Gasteiger partial charge in [0.2, 0.25) is 0 Å². The molecule has 0 bridgehead atoms. The molecule has 31 heavy (non-hydrogen) atoms. The third-order valence-corrected chi connectivity index (χ3v) is 6.20. The van der Waals surface area contributed by atoms with E-state index in [9.17, 15) is 4.79 Å². The van der Waals surface area contributed by atoms with Gasteiger partial charge < -0.3 is 19.9 Å². The average Bonchev–Trinajstić information content (AvgIpc) is 3.28. The molecule has 1 aliphatic carbocycles. The van der Waals surface area contributed by atoms with Crippen LogP contribution in [0.15, 0.2) is 53.3 Å². The second kappa shape index (κ2) is 9.52. The topological polar surface area (TPSA) is 57.4 Å². The molecule has 1 aromatic heterocycles.